The first kappa shape index (κ1) is 15.7. The molecule has 2 aromatic rings. The lowest BCUT2D eigenvalue weighted by atomic mass is 10.1. The van der Waals surface area contributed by atoms with Crippen LogP contribution in [-0.2, 0) is 7.05 Å². The molecule has 1 saturated heterocycles. The fraction of sp³-hybridized carbons (Fsp3) is 0.389. The van der Waals surface area contributed by atoms with Gasteiger partial charge >= 0.3 is 0 Å². The highest BCUT2D eigenvalue weighted by atomic mass is 19.2. The van der Waals surface area contributed by atoms with Crippen molar-refractivity contribution in [3.05, 3.63) is 59.4 Å². The van der Waals surface area contributed by atoms with Gasteiger partial charge in [-0.1, -0.05) is 12.8 Å². The van der Waals surface area contributed by atoms with E-state index in [-0.39, 0.29) is 17.5 Å². The Morgan fingerprint density at radius 2 is 1.96 bits per heavy atom. The van der Waals surface area contributed by atoms with Crippen LogP contribution in [0.3, 0.4) is 0 Å². The number of likely N-dealkylation sites (tertiary alicyclic amines) is 1. The Bertz CT molecular complexity index is 711. The summed E-state index contributed by atoms with van der Waals surface area (Å²) in [7, 11) is 1.96. The first-order valence-corrected chi connectivity index (χ1v) is 7.95. The van der Waals surface area contributed by atoms with Crippen molar-refractivity contribution in [2.45, 2.75) is 31.7 Å². The minimum atomic E-state index is -0.985. The number of carbonyl (C=O) groups is 1. The summed E-state index contributed by atoms with van der Waals surface area (Å²) in [6.07, 6.45) is 5.89. The lowest BCUT2D eigenvalue weighted by Crippen LogP contribution is -2.35. The normalized spacial score (nSPS) is 18.7. The van der Waals surface area contributed by atoms with Gasteiger partial charge in [-0.25, -0.2) is 8.78 Å². The maximum absolute atomic E-state index is 13.5. The minimum Gasteiger partial charge on any atom is -0.353 e. The van der Waals surface area contributed by atoms with Gasteiger partial charge in [-0.3, -0.25) is 4.79 Å². The van der Waals surface area contributed by atoms with E-state index >= 15 is 0 Å². The smallest absolute Gasteiger partial charge is 0.254 e. The van der Waals surface area contributed by atoms with E-state index in [1.807, 2.05) is 29.9 Å². The number of hydrogen-bond donors (Lipinski definition) is 0. The van der Waals surface area contributed by atoms with Crippen molar-refractivity contribution in [1.82, 2.24) is 9.47 Å². The molecule has 1 fully saturated rings. The van der Waals surface area contributed by atoms with Crippen LogP contribution in [0.25, 0.3) is 0 Å². The molecule has 0 N–H and O–H groups in total. The van der Waals surface area contributed by atoms with E-state index in [0.29, 0.717) is 6.54 Å². The Morgan fingerprint density at radius 3 is 2.65 bits per heavy atom. The van der Waals surface area contributed by atoms with Gasteiger partial charge in [-0.2, -0.15) is 0 Å². The average Bonchev–Trinajstić information content (AvgIpc) is 2.82. The number of amides is 1. The number of benzene rings is 1. The molecule has 1 aliphatic heterocycles. The van der Waals surface area contributed by atoms with Crippen molar-refractivity contribution in [3.8, 4) is 0 Å². The van der Waals surface area contributed by atoms with Crippen LogP contribution in [0.5, 0.6) is 0 Å². The molecule has 1 aliphatic rings. The molecule has 0 spiro atoms. The fourth-order valence-electron chi connectivity index (χ4n) is 3.27. The second kappa shape index (κ2) is 6.52. The number of rotatable bonds is 2. The van der Waals surface area contributed by atoms with E-state index in [9.17, 15) is 13.6 Å². The Labute approximate surface area is 134 Å². The second-order valence-electron chi connectivity index (χ2n) is 6.04. The van der Waals surface area contributed by atoms with Crippen molar-refractivity contribution in [3.63, 3.8) is 0 Å². The van der Waals surface area contributed by atoms with Crippen LogP contribution in [0.1, 0.15) is 47.8 Å². The summed E-state index contributed by atoms with van der Waals surface area (Å²) in [5, 5.41) is 0. The van der Waals surface area contributed by atoms with Crippen molar-refractivity contribution < 1.29 is 13.6 Å². The molecule has 1 amide bonds. The van der Waals surface area contributed by atoms with Crippen molar-refractivity contribution in [2.75, 3.05) is 6.54 Å². The fourth-order valence-corrected chi connectivity index (χ4v) is 3.27. The summed E-state index contributed by atoms with van der Waals surface area (Å²) in [6, 6.07) is 7.30. The van der Waals surface area contributed by atoms with Crippen molar-refractivity contribution in [2.24, 2.45) is 7.05 Å². The van der Waals surface area contributed by atoms with E-state index in [0.717, 1.165) is 43.5 Å². The van der Waals surface area contributed by atoms with Crippen LogP contribution in [0.2, 0.25) is 0 Å². The van der Waals surface area contributed by atoms with Gasteiger partial charge in [0.25, 0.3) is 5.91 Å². The van der Waals surface area contributed by atoms with E-state index in [2.05, 4.69) is 0 Å². The molecular weight excluding hydrogens is 298 g/mol. The molecule has 23 heavy (non-hydrogen) atoms. The van der Waals surface area contributed by atoms with E-state index in [1.54, 1.807) is 4.90 Å². The van der Waals surface area contributed by atoms with Crippen LogP contribution in [0.4, 0.5) is 8.78 Å². The first-order valence-electron chi connectivity index (χ1n) is 7.95. The summed E-state index contributed by atoms with van der Waals surface area (Å²) in [4.78, 5) is 14.7. The van der Waals surface area contributed by atoms with E-state index < -0.39 is 11.6 Å². The standard InChI is InChI=1S/C18H20F2N2O/c1-21-10-5-7-16(21)17-6-3-2-4-11-22(17)18(23)13-8-9-14(19)15(20)12-13/h5,7-10,12,17H,2-4,6,11H2,1H3. The second-order valence-corrected chi connectivity index (χ2v) is 6.04. The monoisotopic (exact) mass is 318 g/mol. The highest BCUT2D eigenvalue weighted by Gasteiger charge is 2.29. The van der Waals surface area contributed by atoms with Gasteiger partial charge in [0.1, 0.15) is 0 Å². The minimum absolute atomic E-state index is 0.0295. The molecule has 3 rings (SSSR count). The quantitative estimate of drug-likeness (QED) is 0.820. The summed E-state index contributed by atoms with van der Waals surface area (Å²) >= 11 is 0. The Balaban J connectivity index is 1.94. The molecular formula is C18H20F2N2O. The third-order valence-corrected chi connectivity index (χ3v) is 4.51. The van der Waals surface area contributed by atoms with Gasteiger partial charge in [0.2, 0.25) is 0 Å². The molecule has 5 heteroatoms. The highest BCUT2D eigenvalue weighted by Crippen LogP contribution is 2.31. The molecule has 122 valence electrons. The molecule has 1 aromatic heterocycles. The first-order chi connectivity index (χ1) is 11.1. The molecule has 1 atom stereocenters. The Kier molecular flexibility index (Phi) is 4.46. The molecule has 0 bridgehead atoms. The zero-order chi connectivity index (χ0) is 16.4. The van der Waals surface area contributed by atoms with Crippen LogP contribution < -0.4 is 0 Å². The van der Waals surface area contributed by atoms with Gasteiger partial charge in [0.15, 0.2) is 11.6 Å². The SMILES string of the molecule is Cn1cccc1C1CCCCCN1C(=O)c1ccc(F)c(F)c1. The van der Waals surface area contributed by atoms with E-state index in [4.69, 9.17) is 0 Å². The van der Waals surface area contributed by atoms with Gasteiger partial charge in [-0.15, -0.1) is 0 Å². The lowest BCUT2D eigenvalue weighted by molar-refractivity contribution is 0.0674. The summed E-state index contributed by atoms with van der Waals surface area (Å²) in [5.41, 5.74) is 1.27. The van der Waals surface area contributed by atoms with Crippen LogP contribution in [0.15, 0.2) is 36.5 Å². The molecule has 1 unspecified atom stereocenters. The van der Waals surface area contributed by atoms with Gasteiger partial charge in [0, 0.05) is 31.0 Å². The molecule has 1 aromatic carbocycles. The van der Waals surface area contributed by atoms with Gasteiger partial charge < -0.3 is 9.47 Å². The largest absolute Gasteiger partial charge is 0.353 e. The number of aromatic nitrogens is 1. The predicted molar refractivity (Wildman–Crippen MR) is 84.0 cm³/mol. The number of hydrogen-bond acceptors (Lipinski definition) is 1. The van der Waals surface area contributed by atoms with Crippen molar-refractivity contribution in [1.29, 1.82) is 0 Å². The molecule has 3 nitrogen and oxygen atoms in total. The number of aryl methyl sites for hydroxylation is 1. The maximum atomic E-state index is 13.5. The molecule has 0 radical (unpaired) electrons. The number of nitrogens with zero attached hydrogens (tertiary/aromatic N) is 2. The molecule has 0 saturated carbocycles. The van der Waals surface area contributed by atoms with Gasteiger partial charge in [0.05, 0.1) is 6.04 Å². The number of halogens is 2. The van der Waals surface area contributed by atoms with Crippen LogP contribution in [-0.4, -0.2) is 21.9 Å². The van der Waals surface area contributed by atoms with Crippen molar-refractivity contribution >= 4 is 5.91 Å². The topological polar surface area (TPSA) is 25.2 Å². The third kappa shape index (κ3) is 3.14. The maximum Gasteiger partial charge on any atom is 0.254 e. The zero-order valence-electron chi connectivity index (χ0n) is 13.1. The summed E-state index contributed by atoms with van der Waals surface area (Å²) < 4.78 is 28.6. The third-order valence-electron chi connectivity index (χ3n) is 4.51. The Morgan fingerprint density at radius 1 is 1.13 bits per heavy atom. The van der Waals surface area contributed by atoms with Gasteiger partial charge in [-0.05, 0) is 43.2 Å². The molecule has 0 aliphatic carbocycles. The van der Waals surface area contributed by atoms with E-state index in [1.165, 1.54) is 6.07 Å². The lowest BCUT2D eigenvalue weighted by Gasteiger charge is -2.30. The highest BCUT2D eigenvalue weighted by molar-refractivity contribution is 5.94. The zero-order valence-corrected chi connectivity index (χ0v) is 13.1. The predicted octanol–water partition coefficient (Wildman–Crippen LogP) is 4.06. The van der Waals surface area contributed by atoms with Crippen LogP contribution in [0, 0.1) is 11.6 Å². The molecule has 2 heterocycles. The Hall–Kier alpha value is -2.17. The summed E-state index contributed by atoms with van der Waals surface area (Å²) in [6.45, 7) is 0.633. The average molecular weight is 318 g/mol. The summed E-state index contributed by atoms with van der Waals surface area (Å²) in [5.74, 6) is -2.16. The number of carbonyl (C=O) groups excluding carboxylic acids is 1. The van der Waals surface area contributed by atoms with Crippen LogP contribution >= 0.6 is 0 Å².